The summed E-state index contributed by atoms with van der Waals surface area (Å²) in [5.41, 5.74) is 1.36. The Kier molecular flexibility index (Phi) is 5.07. The van der Waals surface area contributed by atoms with E-state index < -0.39 is 0 Å². The molecule has 5 nitrogen and oxygen atoms in total. The largest absolute Gasteiger partial charge is 0.459 e. The predicted octanol–water partition coefficient (Wildman–Crippen LogP) is 5.09. The van der Waals surface area contributed by atoms with Crippen LogP contribution < -0.4 is 10.6 Å². The minimum absolute atomic E-state index is 0.197. The Hall–Kier alpha value is -2.76. The molecule has 0 saturated heterocycles. The molecule has 0 spiro atoms. The van der Waals surface area contributed by atoms with Crippen LogP contribution in [0.3, 0.4) is 0 Å². The zero-order valence-corrected chi connectivity index (χ0v) is 14.3. The van der Waals surface area contributed by atoms with Gasteiger partial charge in [-0.2, -0.15) is 0 Å². The maximum absolute atomic E-state index is 12.3. The van der Waals surface area contributed by atoms with Crippen molar-refractivity contribution in [3.8, 4) is 0 Å². The van der Waals surface area contributed by atoms with Crippen LogP contribution in [0.15, 0.2) is 65.3 Å². The van der Waals surface area contributed by atoms with E-state index in [0.717, 1.165) is 0 Å². The first-order valence-electron chi connectivity index (χ1n) is 7.23. The van der Waals surface area contributed by atoms with Gasteiger partial charge in [0.05, 0.1) is 6.26 Å². The van der Waals surface area contributed by atoms with Crippen molar-refractivity contribution in [2.24, 2.45) is 0 Å². The second-order valence-electron chi connectivity index (χ2n) is 5.12. The van der Waals surface area contributed by atoms with Crippen molar-refractivity contribution in [3.63, 3.8) is 0 Å². The lowest BCUT2D eigenvalue weighted by molar-refractivity contribution is 0.0995. The van der Waals surface area contributed by atoms with E-state index in [2.05, 4.69) is 10.6 Å². The van der Waals surface area contributed by atoms with Crippen LogP contribution in [0, 0.1) is 0 Å². The van der Waals surface area contributed by atoms with Gasteiger partial charge in [-0.15, -0.1) is 0 Å². The summed E-state index contributed by atoms with van der Waals surface area (Å²) in [6.45, 7) is 0. The van der Waals surface area contributed by atoms with Crippen LogP contribution >= 0.6 is 23.2 Å². The number of amides is 2. The maximum Gasteiger partial charge on any atom is 0.291 e. The molecule has 1 heterocycles. The topological polar surface area (TPSA) is 71.3 Å². The van der Waals surface area contributed by atoms with Crippen LogP contribution in [-0.4, -0.2) is 11.8 Å². The molecule has 0 fully saturated rings. The normalized spacial score (nSPS) is 10.3. The third kappa shape index (κ3) is 4.41. The molecular formula is C18H12Cl2N2O3. The van der Waals surface area contributed by atoms with Crippen LogP contribution in [-0.2, 0) is 0 Å². The summed E-state index contributed by atoms with van der Waals surface area (Å²) in [5.74, 6) is -0.544. The number of carbonyl (C=O) groups excluding carboxylic acids is 2. The monoisotopic (exact) mass is 374 g/mol. The minimum atomic E-state index is -0.380. The molecule has 25 heavy (non-hydrogen) atoms. The number of rotatable bonds is 4. The first-order valence-corrected chi connectivity index (χ1v) is 7.99. The number of hydrogen-bond donors (Lipinski definition) is 2. The third-order valence-corrected chi connectivity index (χ3v) is 3.68. The van der Waals surface area contributed by atoms with E-state index in [1.807, 2.05) is 0 Å². The van der Waals surface area contributed by atoms with E-state index in [1.165, 1.54) is 18.4 Å². The molecule has 3 rings (SSSR count). The van der Waals surface area contributed by atoms with Crippen molar-refractivity contribution < 1.29 is 14.0 Å². The van der Waals surface area contributed by atoms with Gasteiger partial charge in [-0.3, -0.25) is 9.59 Å². The Labute approximate surface area is 153 Å². The summed E-state index contributed by atoms with van der Waals surface area (Å²) in [7, 11) is 0. The van der Waals surface area contributed by atoms with Crippen LogP contribution in [0.1, 0.15) is 20.9 Å². The second-order valence-corrected chi connectivity index (χ2v) is 6.00. The molecule has 0 saturated carbocycles. The molecule has 2 aromatic carbocycles. The summed E-state index contributed by atoms with van der Waals surface area (Å²) in [5, 5.41) is 6.16. The lowest BCUT2D eigenvalue weighted by atomic mass is 10.2. The highest BCUT2D eigenvalue weighted by Gasteiger charge is 2.11. The smallest absolute Gasteiger partial charge is 0.291 e. The molecule has 0 radical (unpaired) electrons. The Balaban J connectivity index is 1.73. The van der Waals surface area contributed by atoms with Crippen LogP contribution in [0.25, 0.3) is 0 Å². The number of nitrogens with one attached hydrogen (secondary N) is 2. The van der Waals surface area contributed by atoms with Gasteiger partial charge in [0.15, 0.2) is 5.76 Å². The van der Waals surface area contributed by atoms with E-state index in [4.69, 9.17) is 27.6 Å². The van der Waals surface area contributed by atoms with Gasteiger partial charge in [0, 0.05) is 27.0 Å². The van der Waals surface area contributed by atoms with Gasteiger partial charge in [-0.05, 0) is 48.5 Å². The number of carbonyl (C=O) groups is 2. The second kappa shape index (κ2) is 7.42. The van der Waals surface area contributed by atoms with E-state index >= 15 is 0 Å². The highest BCUT2D eigenvalue weighted by atomic mass is 35.5. The van der Waals surface area contributed by atoms with Gasteiger partial charge >= 0.3 is 0 Å². The minimum Gasteiger partial charge on any atom is -0.459 e. The number of furan rings is 1. The molecule has 0 aliphatic rings. The van der Waals surface area contributed by atoms with Gasteiger partial charge in [-0.1, -0.05) is 29.3 Å². The SMILES string of the molecule is O=C(Nc1cccc(NC(=O)c2ccco2)c1)c1cc(Cl)cc(Cl)c1. The Morgan fingerprint density at radius 2 is 1.44 bits per heavy atom. The number of halogens is 2. The highest BCUT2D eigenvalue weighted by molar-refractivity contribution is 6.35. The van der Waals surface area contributed by atoms with Gasteiger partial charge in [0.2, 0.25) is 0 Å². The Morgan fingerprint density at radius 1 is 0.800 bits per heavy atom. The molecule has 0 aliphatic heterocycles. The molecule has 2 amide bonds. The molecule has 0 bridgehead atoms. The van der Waals surface area contributed by atoms with Crippen molar-refractivity contribution >= 4 is 46.4 Å². The summed E-state index contributed by atoms with van der Waals surface area (Å²) in [6.07, 6.45) is 1.42. The fourth-order valence-corrected chi connectivity index (χ4v) is 2.69. The van der Waals surface area contributed by atoms with Crippen molar-refractivity contribution in [1.29, 1.82) is 0 Å². The average Bonchev–Trinajstić information content (AvgIpc) is 3.09. The zero-order valence-electron chi connectivity index (χ0n) is 12.8. The van der Waals surface area contributed by atoms with Crippen LogP contribution in [0.2, 0.25) is 10.0 Å². The van der Waals surface area contributed by atoms with Gasteiger partial charge in [-0.25, -0.2) is 0 Å². The molecule has 3 aromatic rings. The quantitative estimate of drug-likeness (QED) is 0.667. The van der Waals surface area contributed by atoms with Crippen molar-refractivity contribution in [1.82, 2.24) is 0 Å². The molecule has 0 atom stereocenters. The maximum atomic E-state index is 12.3. The first kappa shape index (κ1) is 17.1. The van der Waals surface area contributed by atoms with Gasteiger partial charge in [0.25, 0.3) is 11.8 Å². The molecule has 7 heteroatoms. The van der Waals surface area contributed by atoms with Crippen LogP contribution in [0.4, 0.5) is 11.4 Å². The molecular weight excluding hydrogens is 363 g/mol. The Bertz CT molecular complexity index is 904. The third-order valence-electron chi connectivity index (χ3n) is 3.25. The van der Waals surface area contributed by atoms with Crippen molar-refractivity contribution in [3.05, 3.63) is 82.2 Å². The average molecular weight is 375 g/mol. The zero-order chi connectivity index (χ0) is 17.8. The molecule has 1 aromatic heterocycles. The molecule has 126 valence electrons. The van der Waals surface area contributed by atoms with Crippen molar-refractivity contribution in [2.75, 3.05) is 10.6 Å². The lowest BCUT2D eigenvalue weighted by Gasteiger charge is -2.09. The van der Waals surface area contributed by atoms with E-state index in [0.29, 0.717) is 27.0 Å². The highest BCUT2D eigenvalue weighted by Crippen LogP contribution is 2.21. The van der Waals surface area contributed by atoms with E-state index in [-0.39, 0.29) is 17.6 Å². The summed E-state index contributed by atoms with van der Waals surface area (Å²) >= 11 is 11.8. The number of benzene rings is 2. The predicted molar refractivity (Wildman–Crippen MR) is 97.5 cm³/mol. The summed E-state index contributed by atoms with van der Waals surface area (Å²) < 4.78 is 5.04. The van der Waals surface area contributed by atoms with Crippen LogP contribution in [0.5, 0.6) is 0 Å². The number of anilines is 2. The first-order chi connectivity index (χ1) is 12.0. The van der Waals surface area contributed by atoms with E-state index in [9.17, 15) is 9.59 Å². The number of hydrogen-bond acceptors (Lipinski definition) is 3. The van der Waals surface area contributed by atoms with Crippen molar-refractivity contribution in [2.45, 2.75) is 0 Å². The molecule has 0 aliphatic carbocycles. The fourth-order valence-electron chi connectivity index (χ4n) is 2.16. The van der Waals surface area contributed by atoms with Gasteiger partial charge < -0.3 is 15.1 Å². The standard InChI is InChI=1S/C18H12Cl2N2O3/c19-12-7-11(8-13(20)9-12)17(23)21-14-3-1-4-15(10-14)22-18(24)16-5-2-6-25-16/h1-10H,(H,21,23)(H,22,24). The van der Waals surface area contributed by atoms with E-state index in [1.54, 1.807) is 42.5 Å². The Morgan fingerprint density at radius 3 is 2.04 bits per heavy atom. The fraction of sp³-hybridized carbons (Fsp3) is 0. The summed E-state index contributed by atoms with van der Waals surface area (Å²) in [6, 6.07) is 14.5. The lowest BCUT2D eigenvalue weighted by Crippen LogP contribution is -2.13. The molecule has 0 unspecified atom stereocenters. The molecule has 2 N–H and O–H groups in total. The summed E-state index contributed by atoms with van der Waals surface area (Å²) in [4.78, 5) is 24.3. The van der Waals surface area contributed by atoms with Gasteiger partial charge in [0.1, 0.15) is 0 Å².